The molecule has 132 valence electrons. The van der Waals surface area contributed by atoms with E-state index in [2.05, 4.69) is 15.0 Å². The Morgan fingerprint density at radius 3 is 2.48 bits per heavy atom. The van der Waals surface area contributed by atoms with Gasteiger partial charge in [-0.1, -0.05) is 37.3 Å². The predicted molar refractivity (Wildman–Crippen MR) is 95.1 cm³/mol. The summed E-state index contributed by atoms with van der Waals surface area (Å²) in [6, 6.07) is 6.24. The van der Waals surface area contributed by atoms with E-state index >= 15 is 0 Å². The predicted octanol–water partition coefficient (Wildman–Crippen LogP) is 3.14. The third-order valence-corrected chi connectivity index (χ3v) is 5.22. The molecular formula is C16H19N5O3S. The van der Waals surface area contributed by atoms with Crippen molar-refractivity contribution < 1.29 is 10.0 Å². The molecular weight excluding hydrogens is 342 g/mol. The number of aromatic hydroxyl groups is 1. The quantitative estimate of drug-likeness (QED) is 0.535. The van der Waals surface area contributed by atoms with E-state index in [1.165, 1.54) is 28.0 Å². The lowest BCUT2D eigenvalue weighted by atomic mass is 10.0. The number of thiazole rings is 1. The molecule has 8 nitrogen and oxygen atoms in total. The van der Waals surface area contributed by atoms with E-state index < -0.39 is 4.92 Å². The lowest BCUT2D eigenvalue weighted by Gasteiger charge is -2.29. The summed E-state index contributed by atoms with van der Waals surface area (Å²) in [5.41, 5.74) is 0.926. The van der Waals surface area contributed by atoms with Gasteiger partial charge in [0.25, 0.3) is 5.69 Å². The Balaban J connectivity index is 2.11. The number of aryl methyl sites for hydroxylation is 1. The second-order valence-corrected chi connectivity index (χ2v) is 6.62. The molecule has 2 aromatic heterocycles. The van der Waals surface area contributed by atoms with Crippen LogP contribution in [0.3, 0.4) is 0 Å². The summed E-state index contributed by atoms with van der Waals surface area (Å²) in [4.78, 5) is 18.3. The highest BCUT2D eigenvalue weighted by atomic mass is 32.1. The summed E-state index contributed by atoms with van der Waals surface area (Å²) < 4.78 is 1.44. The van der Waals surface area contributed by atoms with Crippen molar-refractivity contribution in [1.82, 2.24) is 19.5 Å². The third-order valence-electron chi connectivity index (χ3n) is 4.15. The molecule has 0 aliphatic rings. The zero-order valence-electron chi connectivity index (χ0n) is 14.2. The fourth-order valence-corrected chi connectivity index (χ4v) is 4.08. The Hall–Kier alpha value is -2.52. The second kappa shape index (κ2) is 6.77. The van der Waals surface area contributed by atoms with Crippen molar-refractivity contribution in [3.63, 3.8) is 0 Å². The number of fused-ring (bicyclic) bond motifs is 1. The van der Waals surface area contributed by atoms with E-state index in [1.807, 2.05) is 13.8 Å². The molecule has 1 unspecified atom stereocenters. The van der Waals surface area contributed by atoms with Crippen molar-refractivity contribution in [3.8, 4) is 5.88 Å². The lowest BCUT2D eigenvalue weighted by Crippen LogP contribution is -2.28. The topological polar surface area (TPSA) is 96.8 Å². The van der Waals surface area contributed by atoms with Crippen molar-refractivity contribution in [2.75, 3.05) is 13.1 Å². The average Bonchev–Trinajstić information content (AvgIpc) is 3.10. The van der Waals surface area contributed by atoms with Crippen LogP contribution in [0.5, 0.6) is 5.88 Å². The minimum absolute atomic E-state index is 0.0459. The molecule has 0 amide bonds. The first kappa shape index (κ1) is 17.3. The largest absolute Gasteiger partial charge is 0.492 e. The summed E-state index contributed by atoms with van der Waals surface area (Å²) in [6.07, 6.45) is 0. The smallest absolute Gasteiger partial charge is 0.269 e. The van der Waals surface area contributed by atoms with E-state index in [1.54, 1.807) is 19.1 Å². The second-order valence-electron chi connectivity index (χ2n) is 5.62. The maximum atomic E-state index is 10.9. The Morgan fingerprint density at radius 2 is 1.96 bits per heavy atom. The van der Waals surface area contributed by atoms with Crippen LogP contribution in [0.2, 0.25) is 0 Å². The van der Waals surface area contributed by atoms with Crippen molar-refractivity contribution in [3.05, 3.63) is 50.6 Å². The van der Waals surface area contributed by atoms with Crippen LogP contribution >= 0.6 is 11.3 Å². The summed E-state index contributed by atoms with van der Waals surface area (Å²) in [7, 11) is 0. The van der Waals surface area contributed by atoms with Gasteiger partial charge in [0.05, 0.1) is 15.8 Å². The molecule has 25 heavy (non-hydrogen) atoms. The molecule has 3 rings (SSSR count). The summed E-state index contributed by atoms with van der Waals surface area (Å²) >= 11 is 1.38. The maximum absolute atomic E-state index is 10.9. The SMILES string of the molecule is CCN(CC)C(c1ccc([N+](=O)[O-])cc1)c1sc2nc(C)nn2c1O. The highest BCUT2D eigenvalue weighted by molar-refractivity contribution is 7.17. The molecule has 0 bridgehead atoms. The van der Waals surface area contributed by atoms with Crippen LogP contribution in [0.4, 0.5) is 5.69 Å². The first-order chi connectivity index (χ1) is 12.0. The van der Waals surface area contributed by atoms with Crippen LogP contribution in [0.15, 0.2) is 24.3 Å². The van der Waals surface area contributed by atoms with Gasteiger partial charge in [-0.2, -0.15) is 4.52 Å². The molecule has 0 saturated heterocycles. The minimum Gasteiger partial charge on any atom is -0.492 e. The molecule has 0 aliphatic heterocycles. The number of hydrogen-bond acceptors (Lipinski definition) is 7. The van der Waals surface area contributed by atoms with Gasteiger partial charge in [-0.15, -0.1) is 5.10 Å². The molecule has 0 fully saturated rings. The lowest BCUT2D eigenvalue weighted by molar-refractivity contribution is -0.384. The number of benzene rings is 1. The number of non-ortho nitro benzene ring substituents is 1. The van der Waals surface area contributed by atoms with Crippen molar-refractivity contribution in [2.45, 2.75) is 26.8 Å². The number of aromatic nitrogens is 3. The molecule has 2 heterocycles. The van der Waals surface area contributed by atoms with Crippen LogP contribution in [0.25, 0.3) is 4.96 Å². The zero-order chi connectivity index (χ0) is 18.1. The van der Waals surface area contributed by atoms with Gasteiger partial charge in [0.2, 0.25) is 10.8 Å². The standard InChI is InChI=1S/C16H19N5O3S/c1-4-19(5-2)13(11-6-8-12(9-7-11)21(23)24)14-15(22)20-16(25-14)17-10(3)18-20/h6-9,13,22H,4-5H2,1-3H3. The van der Waals surface area contributed by atoms with Crippen LogP contribution < -0.4 is 0 Å². The normalized spacial score (nSPS) is 12.8. The molecule has 0 radical (unpaired) electrons. The molecule has 0 spiro atoms. The Kier molecular flexibility index (Phi) is 4.69. The average molecular weight is 361 g/mol. The van der Waals surface area contributed by atoms with Gasteiger partial charge in [-0.25, -0.2) is 4.98 Å². The van der Waals surface area contributed by atoms with Gasteiger partial charge < -0.3 is 5.11 Å². The monoisotopic (exact) mass is 361 g/mol. The Bertz CT molecular complexity index is 899. The summed E-state index contributed by atoms with van der Waals surface area (Å²) in [5.74, 6) is 0.665. The van der Waals surface area contributed by atoms with Crippen molar-refractivity contribution in [1.29, 1.82) is 0 Å². The molecule has 0 aliphatic carbocycles. The molecule has 1 N–H and O–H groups in total. The zero-order valence-corrected chi connectivity index (χ0v) is 15.0. The van der Waals surface area contributed by atoms with Gasteiger partial charge in [0.1, 0.15) is 5.82 Å². The van der Waals surface area contributed by atoms with Crippen molar-refractivity contribution >= 4 is 22.0 Å². The van der Waals surface area contributed by atoms with Crippen LogP contribution in [-0.2, 0) is 0 Å². The Labute approximate surface area is 148 Å². The van der Waals surface area contributed by atoms with Gasteiger partial charge in [-0.3, -0.25) is 15.0 Å². The van der Waals surface area contributed by atoms with E-state index in [4.69, 9.17) is 0 Å². The first-order valence-corrected chi connectivity index (χ1v) is 8.81. The number of nitro benzene ring substituents is 1. The molecule has 1 atom stereocenters. The minimum atomic E-state index is -0.417. The number of nitro groups is 1. The van der Waals surface area contributed by atoms with E-state index in [9.17, 15) is 15.2 Å². The van der Waals surface area contributed by atoms with Crippen LogP contribution in [0.1, 0.15) is 36.2 Å². The molecule has 0 saturated carbocycles. The maximum Gasteiger partial charge on any atom is 0.269 e. The summed E-state index contributed by atoms with van der Waals surface area (Å²) in [5, 5.41) is 25.8. The number of nitrogens with zero attached hydrogens (tertiary/aromatic N) is 5. The molecule has 1 aromatic carbocycles. The van der Waals surface area contributed by atoms with Gasteiger partial charge in [0.15, 0.2) is 0 Å². The fraction of sp³-hybridized carbons (Fsp3) is 0.375. The van der Waals surface area contributed by atoms with Crippen molar-refractivity contribution in [2.24, 2.45) is 0 Å². The van der Waals surface area contributed by atoms with E-state index in [0.29, 0.717) is 10.8 Å². The fourth-order valence-electron chi connectivity index (χ4n) is 2.92. The van der Waals surface area contributed by atoms with Gasteiger partial charge >= 0.3 is 0 Å². The Morgan fingerprint density at radius 1 is 1.32 bits per heavy atom. The number of hydrogen-bond donors (Lipinski definition) is 1. The number of rotatable bonds is 6. The highest BCUT2D eigenvalue weighted by Crippen LogP contribution is 2.40. The van der Waals surface area contributed by atoms with E-state index in [-0.39, 0.29) is 17.6 Å². The van der Waals surface area contributed by atoms with E-state index in [0.717, 1.165) is 23.5 Å². The van der Waals surface area contributed by atoms with Crippen LogP contribution in [0, 0.1) is 17.0 Å². The highest BCUT2D eigenvalue weighted by Gasteiger charge is 2.28. The van der Waals surface area contributed by atoms with Gasteiger partial charge in [0, 0.05) is 12.1 Å². The molecule has 3 aromatic rings. The molecule has 9 heteroatoms. The van der Waals surface area contributed by atoms with Gasteiger partial charge in [-0.05, 0) is 25.6 Å². The third kappa shape index (κ3) is 3.08. The summed E-state index contributed by atoms with van der Waals surface area (Å²) in [6.45, 7) is 7.39. The first-order valence-electron chi connectivity index (χ1n) is 7.99. The van der Waals surface area contributed by atoms with Crippen LogP contribution in [-0.4, -0.2) is 42.6 Å².